The van der Waals surface area contributed by atoms with E-state index in [1.807, 2.05) is 42.5 Å². The van der Waals surface area contributed by atoms with Crippen LogP contribution in [0, 0.1) is 0 Å². The molecule has 1 saturated heterocycles. The molecule has 2 heterocycles. The molecule has 0 aliphatic carbocycles. The summed E-state index contributed by atoms with van der Waals surface area (Å²) in [6.07, 6.45) is 0. The lowest BCUT2D eigenvalue weighted by Gasteiger charge is -2.27. The molecule has 1 fully saturated rings. The van der Waals surface area contributed by atoms with E-state index in [2.05, 4.69) is 10.2 Å². The highest BCUT2D eigenvalue weighted by Crippen LogP contribution is 2.36. The summed E-state index contributed by atoms with van der Waals surface area (Å²) in [7, 11) is 3.24. The summed E-state index contributed by atoms with van der Waals surface area (Å²) in [5.41, 5.74) is 1.75. The van der Waals surface area contributed by atoms with Gasteiger partial charge in [-0.3, -0.25) is 0 Å². The SMILES string of the molecule is COc1cc2nc(N3CCOCC3)nc(Nc3ccccc3)c2cc1OC. The number of fused-ring (bicyclic) bond motifs is 1. The van der Waals surface area contributed by atoms with Crippen molar-refractivity contribution in [3.05, 3.63) is 42.5 Å². The highest BCUT2D eigenvalue weighted by Gasteiger charge is 2.18. The molecule has 0 amide bonds. The molecule has 0 saturated carbocycles. The number of anilines is 3. The zero-order valence-corrected chi connectivity index (χ0v) is 15.4. The second-order valence-corrected chi connectivity index (χ2v) is 6.19. The van der Waals surface area contributed by atoms with Gasteiger partial charge in [-0.05, 0) is 18.2 Å². The van der Waals surface area contributed by atoms with E-state index in [-0.39, 0.29) is 0 Å². The van der Waals surface area contributed by atoms with Crippen molar-refractivity contribution in [1.29, 1.82) is 0 Å². The summed E-state index contributed by atoms with van der Waals surface area (Å²) in [6, 6.07) is 13.7. The first-order chi connectivity index (χ1) is 13.3. The molecule has 0 radical (unpaired) electrons. The first-order valence-electron chi connectivity index (χ1n) is 8.87. The van der Waals surface area contributed by atoms with E-state index < -0.39 is 0 Å². The van der Waals surface area contributed by atoms with Gasteiger partial charge in [0.15, 0.2) is 11.5 Å². The molecule has 0 bridgehead atoms. The van der Waals surface area contributed by atoms with Crippen LogP contribution in [-0.2, 0) is 4.74 Å². The Hall–Kier alpha value is -3.06. The van der Waals surface area contributed by atoms with Crippen LogP contribution >= 0.6 is 0 Å². The fraction of sp³-hybridized carbons (Fsp3) is 0.300. The Morgan fingerprint density at radius 1 is 0.963 bits per heavy atom. The predicted octanol–water partition coefficient (Wildman–Crippen LogP) is 3.23. The molecule has 4 rings (SSSR count). The Bertz CT molecular complexity index is 927. The third-order valence-electron chi connectivity index (χ3n) is 4.52. The molecule has 1 aliphatic rings. The summed E-state index contributed by atoms with van der Waals surface area (Å²) in [5, 5.41) is 4.28. The van der Waals surface area contributed by atoms with Gasteiger partial charge >= 0.3 is 0 Å². The molecule has 3 aromatic rings. The second-order valence-electron chi connectivity index (χ2n) is 6.19. The van der Waals surface area contributed by atoms with E-state index in [0.29, 0.717) is 30.7 Å². The zero-order chi connectivity index (χ0) is 18.6. The van der Waals surface area contributed by atoms with E-state index in [1.165, 1.54) is 0 Å². The Kier molecular flexibility index (Phi) is 4.93. The maximum atomic E-state index is 5.46. The third-order valence-corrected chi connectivity index (χ3v) is 4.52. The summed E-state index contributed by atoms with van der Waals surface area (Å²) < 4.78 is 16.4. The molecule has 1 aliphatic heterocycles. The number of aromatic nitrogens is 2. The number of benzene rings is 2. The molecule has 1 N–H and O–H groups in total. The van der Waals surface area contributed by atoms with Gasteiger partial charge in [0.2, 0.25) is 5.95 Å². The van der Waals surface area contributed by atoms with Crippen LogP contribution in [-0.4, -0.2) is 50.5 Å². The number of para-hydroxylation sites is 1. The molecule has 1 aromatic heterocycles. The van der Waals surface area contributed by atoms with Gasteiger partial charge in [-0.1, -0.05) is 18.2 Å². The van der Waals surface area contributed by atoms with Gasteiger partial charge in [0.05, 0.1) is 33.0 Å². The summed E-state index contributed by atoms with van der Waals surface area (Å²) >= 11 is 0. The van der Waals surface area contributed by atoms with Gasteiger partial charge in [0.25, 0.3) is 0 Å². The normalized spacial score (nSPS) is 14.2. The number of ether oxygens (including phenoxy) is 3. The minimum absolute atomic E-state index is 0.641. The van der Waals surface area contributed by atoms with Crippen LogP contribution in [0.25, 0.3) is 10.9 Å². The maximum Gasteiger partial charge on any atom is 0.228 e. The second kappa shape index (κ2) is 7.67. The summed E-state index contributed by atoms with van der Waals surface area (Å²) in [6.45, 7) is 2.89. The zero-order valence-electron chi connectivity index (χ0n) is 15.4. The molecule has 7 nitrogen and oxygen atoms in total. The monoisotopic (exact) mass is 366 g/mol. The minimum atomic E-state index is 0.641. The van der Waals surface area contributed by atoms with E-state index in [9.17, 15) is 0 Å². The van der Waals surface area contributed by atoms with Crippen LogP contribution in [0.2, 0.25) is 0 Å². The molecule has 7 heteroatoms. The molecule has 2 aromatic carbocycles. The van der Waals surface area contributed by atoms with Crippen molar-refractivity contribution >= 4 is 28.4 Å². The van der Waals surface area contributed by atoms with Crippen molar-refractivity contribution in [2.75, 3.05) is 50.7 Å². The van der Waals surface area contributed by atoms with Gasteiger partial charge < -0.3 is 24.4 Å². The topological polar surface area (TPSA) is 68.7 Å². The van der Waals surface area contributed by atoms with Crippen molar-refractivity contribution in [2.24, 2.45) is 0 Å². The summed E-state index contributed by atoms with van der Waals surface area (Å²) in [5.74, 6) is 2.69. The van der Waals surface area contributed by atoms with Crippen molar-refractivity contribution < 1.29 is 14.2 Å². The van der Waals surface area contributed by atoms with Gasteiger partial charge in [-0.25, -0.2) is 4.98 Å². The van der Waals surface area contributed by atoms with Crippen molar-refractivity contribution in [3.8, 4) is 11.5 Å². The molecule has 0 spiro atoms. The van der Waals surface area contributed by atoms with Crippen molar-refractivity contribution in [2.45, 2.75) is 0 Å². The van der Waals surface area contributed by atoms with E-state index in [0.717, 1.165) is 35.5 Å². The highest BCUT2D eigenvalue weighted by atomic mass is 16.5. The van der Waals surface area contributed by atoms with Crippen molar-refractivity contribution in [1.82, 2.24) is 9.97 Å². The highest BCUT2D eigenvalue weighted by molar-refractivity contribution is 5.94. The number of nitrogens with one attached hydrogen (secondary N) is 1. The van der Waals surface area contributed by atoms with E-state index >= 15 is 0 Å². The number of methoxy groups -OCH3 is 2. The lowest BCUT2D eigenvalue weighted by atomic mass is 10.2. The minimum Gasteiger partial charge on any atom is -0.493 e. The van der Waals surface area contributed by atoms with Gasteiger partial charge in [0.1, 0.15) is 5.82 Å². The Balaban J connectivity index is 1.85. The van der Waals surface area contributed by atoms with Gasteiger partial charge in [-0.2, -0.15) is 4.98 Å². The molecule has 0 unspecified atom stereocenters. The molecule has 140 valence electrons. The first-order valence-corrected chi connectivity index (χ1v) is 8.87. The van der Waals surface area contributed by atoms with Crippen LogP contribution in [0.4, 0.5) is 17.5 Å². The number of nitrogens with zero attached hydrogens (tertiary/aromatic N) is 3. The molecule has 0 atom stereocenters. The number of hydrogen-bond acceptors (Lipinski definition) is 7. The third kappa shape index (κ3) is 3.59. The van der Waals surface area contributed by atoms with Crippen LogP contribution in [0.5, 0.6) is 11.5 Å². The first kappa shape index (κ1) is 17.4. The molecule has 27 heavy (non-hydrogen) atoms. The fourth-order valence-electron chi connectivity index (χ4n) is 3.10. The van der Waals surface area contributed by atoms with Gasteiger partial charge in [-0.15, -0.1) is 0 Å². The smallest absolute Gasteiger partial charge is 0.228 e. The lowest BCUT2D eigenvalue weighted by Crippen LogP contribution is -2.37. The Labute approximate surface area is 157 Å². The quantitative estimate of drug-likeness (QED) is 0.743. The summed E-state index contributed by atoms with van der Waals surface area (Å²) in [4.78, 5) is 11.7. The number of rotatable bonds is 5. The predicted molar refractivity (Wildman–Crippen MR) is 105 cm³/mol. The van der Waals surface area contributed by atoms with Crippen LogP contribution in [0.15, 0.2) is 42.5 Å². The van der Waals surface area contributed by atoms with E-state index in [1.54, 1.807) is 14.2 Å². The number of hydrogen-bond donors (Lipinski definition) is 1. The number of morpholine rings is 1. The average molecular weight is 366 g/mol. The Morgan fingerprint density at radius 3 is 2.37 bits per heavy atom. The van der Waals surface area contributed by atoms with Crippen LogP contribution < -0.4 is 19.7 Å². The fourth-order valence-corrected chi connectivity index (χ4v) is 3.10. The lowest BCUT2D eigenvalue weighted by molar-refractivity contribution is 0.122. The van der Waals surface area contributed by atoms with E-state index in [4.69, 9.17) is 24.2 Å². The average Bonchev–Trinajstić information content (AvgIpc) is 2.74. The molecular weight excluding hydrogens is 344 g/mol. The standard InChI is InChI=1S/C20H22N4O3/c1-25-17-12-15-16(13-18(17)26-2)22-20(24-8-10-27-11-9-24)23-19(15)21-14-6-4-3-5-7-14/h3-7,12-13H,8-11H2,1-2H3,(H,21,22,23). The van der Waals surface area contributed by atoms with Crippen LogP contribution in [0.1, 0.15) is 0 Å². The van der Waals surface area contributed by atoms with Crippen molar-refractivity contribution in [3.63, 3.8) is 0 Å². The largest absolute Gasteiger partial charge is 0.493 e. The van der Waals surface area contributed by atoms with Gasteiger partial charge in [0, 0.05) is 30.2 Å². The van der Waals surface area contributed by atoms with Crippen LogP contribution in [0.3, 0.4) is 0 Å². The maximum absolute atomic E-state index is 5.46. The Morgan fingerprint density at radius 2 is 1.67 bits per heavy atom. The molecular formula is C20H22N4O3.